The van der Waals surface area contributed by atoms with E-state index in [9.17, 15) is 8.78 Å². The van der Waals surface area contributed by atoms with Gasteiger partial charge in [0.1, 0.15) is 0 Å². The van der Waals surface area contributed by atoms with Crippen LogP contribution in [0.2, 0.25) is 0 Å². The Bertz CT molecular complexity index is 454. The molecule has 20 heavy (non-hydrogen) atoms. The summed E-state index contributed by atoms with van der Waals surface area (Å²) in [5, 5.41) is 0. The molecular weight excluding hydrogens is 249 g/mol. The van der Waals surface area contributed by atoms with E-state index in [0.29, 0.717) is 5.56 Å². The van der Waals surface area contributed by atoms with Gasteiger partial charge in [0.15, 0.2) is 0 Å². The van der Waals surface area contributed by atoms with Crippen LogP contribution in [0.15, 0.2) is 18.2 Å². The number of rotatable bonds is 5. The van der Waals surface area contributed by atoms with Gasteiger partial charge in [0.2, 0.25) is 0 Å². The van der Waals surface area contributed by atoms with E-state index in [1.165, 1.54) is 31.7 Å². The van der Waals surface area contributed by atoms with Crippen LogP contribution in [0.3, 0.4) is 0 Å². The zero-order valence-electron chi connectivity index (χ0n) is 12.5. The van der Waals surface area contributed by atoms with E-state index in [0.717, 1.165) is 30.8 Å². The second-order valence-electron chi connectivity index (χ2n) is 5.38. The van der Waals surface area contributed by atoms with Gasteiger partial charge in [-0.05, 0) is 25.2 Å². The van der Waals surface area contributed by atoms with Crippen LogP contribution >= 0.6 is 0 Å². The fourth-order valence-electron chi connectivity index (χ4n) is 2.78. The van der Waals surface area contributed by atoms with E-state index in [4.69, 9.17) is 0 Å². The van der Waals surface area contributed by atoms with E-state index in [-0.39, 0.29) is 18.9 Å². The standard InChI is InChI=1S/C17H21F2.Li/c1-2-3-4-6-13-9-11-14(12-10-13)15-7-5-8-16(18)17(15)19;/h5,7,11,13H,2-4,6,9-10,12H2,1H3;/q-1;+1. The second kappa shape index (κ2) is 8.65. The van der Waals surface area contributed by atoms with Crippen LogP contribution in [0.5, 0.6) is 0 Å². The molecule has 0 nitrogen and oxygen atoms in total. The van der Waals surface area contributed by atoms with E-state index < -0.39 is 11.6 Å². The van der Waals surface area contributed by atoms with Crippen molar-refractivity contribution in [2.45, 2.75) is 51.9 Å². The molecule has 1 aromatic rings. The monoisotopic (exact) mass is 270 g/mol. The molecule has 0 spiro atoms. The number of hydrogen-bond donors (Lipinski definition) is 0. The van der Waals surface area contributed by atoms with Crippen LogP contribution in [-0.2, 0) is 0 Å². The molecule has 0 heterocycles. The molecule has 0 saturated carbocycles. The van der Waals surface area contributed by atoms with Crippen molar-refractivity contribution < 1.29 is 27.6 Å². The minimum atomic E-state index is -0.872. The summed E-state index contributed by atoms with van der Waals surface area (Å²) in [6.07, 6.45) is 10.1. The van der Waals surface area contributed by atoms with Crippen LogP contribution in [0.4, 0.5) is 8.78 Å². The Hall–Kier alpha value is -0.583. The van der Waals surface area contributed by atoms with Gasteiger partial charge in [0, 0.05) is 5.82 Å². The minimum absolute atomic E-state index is 0. The summed E-state index contributed by atoms with van der Waals surface area (Å²) < 4.78 is 26.8. The quantitative estimate of drug-likeness (QED) is 0.438. The Morgan fingerprint density at radius 1 is 1.30 bits per heavy atom. The summed E-state index contributed by atoms with van der Waals surface area (Å²) in [7, 11) is 0. The first-order chi connectivity index (χ1) is 9.22. The molecule has 3 heteroatoms. The van der Waals surface area contributed by atoms with Gasteiger partial charge < -0.3 is 0 Å². The Labute approximate surface area is 132 Å². The van der Waals surface area contributed by atoms with Crippen LogP contribution < -0.4 is 18.9 Å². The average molecular weight is 270 g/mol. The maximum absolute atomic E-state index is 13.7. The topological polar surface area (TPSA) is 0 Å². The van der Waals surface area contributed by atoms with Crippen molar-refractivity contribution >= 4 is 5.57 Å². The third kappa shape index (κ3) is 4.47. The zero-order chi connectivity index (χ0) is 13.7. The molecule has 0 saturated heterocycles. The molecule has 0 radical (unpaired) electrons. The van der Waals surface area contributed by atoms with Gasteiger partial charge in [-0.3, -0.25) is 4.39 Å². The number of halogens is 2. The van der Waals surface area contributed by atoms with Crippen molar-refractivity contribution in [1.82, 2.24) is 0 Å². The molecule has 1 unspecified atom stereocenters. The molecule has 0 aromatic heterocycles. The Morgan fingerprint density at radius 3 is 2.75 bits per heavy atom. The second-order valence-corrected chi connectivity index (χ2v) is 5.38. The normalized spacial score (nSPS) is 18.4. The van der Waals surface area contributed by atoms with Gasteiger partial charge in [-0.1, -0.05) is 49.8 Å². The molecule has 0 aliphatic heterocycles. The number of allylic oxidation sites excluding steroid dienone is 2. The van der Waals surface area contributed by atoms with E-state index >= 15 is 0 Å². The molecule has 1 aliphatic rings. The van der Waals surface area contributed by atoms with Crippen LogP contribution in [0.25, 0.3) is 5.57 Å². The summed E-state index contributed by atoms with van der Waals surface area (Å²) in [5.74, 6) is -0.903. The fraction of sp³-hybridized carbons (Fsp3) is 0.529. The summed E-state index contributed by atoms with van der Waals surface area (Å²) in [5.41, 5.74) is 1.38. The Kier molecular flexibility index (Phi) is 7.55. The molecule has 0 bridgehead atoms. The smallest absolute Gasteiger partial charge is 0.281 e. The number of unbranched alkanes of at least 4 members (excludes halogenated alkanes) is 2. The summed E-state index contributed by atoms with van der Waals surface area (Å²) in [4.78, 5) is 0. The Morgan fingerprint density at radius 2 is 2.10 bits per heavy atom. The third-order valence-corrected chi connectivity index (χ3v) is 3.97. The van der Waals surface area contributed by atoms with Gasteiger partial charge >= 0.3 is 18.9 Å². The maximum atomic E-state index is 13.7. The van der Waals surface area contributed by atoms with Crippen molar-refractivity contribution in [2.75, 3.05) is 0 Å². The SMILES string of the molecule is CCCCCC1CC=C(c2cc[c-]c(F)c2F)CC1.[Li+]. The van der Waals surface area contributed by atoms with Gasteiger partial charge in [0.05, 0.1) is 5.82 Å². The average Bonchev–Trinajstić information content (AvgIpc) is 2.43. The van der Waals surface area contributed by atoms with Gasteiger partial charge in [0.25, 0.3) is 0 Å². The minimum Gasteiger partial charge on any atom is -0.281 e. The largest absolute Gasteiger partial charge is 1.00 e. The van der Waals surface area contributed by atoms with E-state index in [1.807, 2.05) is 0 Å². The van der Waals surface area contributed by atoms with Crippen LogP contribution in [0.1, 0.15) is 57.4 Å². The first-order valence-electron chi connectivity index (χ1n) is 7.27. The fourth-order valence-corrected chi connectivity index (χ4v) is 2.78. The summed E-state index contributed by atoms with van der Waals surface area (Å²) in [6, 6.07) is 5.34. The van der Waals surface area contributed by atoms with Crippen LogP contribution in [-0.4, -0.2) is 0 Å². The summed E-state index contributed by atoms with van der Waals surface area (Å²) in [6.45, 7) is 2.21. The molecule has 0 fully saturated rings. The van der Waals surface area contributed by atoms with Crippen molar-refractivity contribution in [3.05, 3.63) is 41.5 Å². The van der Waals surface area contributed by atoms with Crippen molar-refractivity contribution in [1.29, 1.82) is 0 Å². The summed E-state index contributed by atoms with van der Waals surface area (Å²) >= 11 is 0. The first-order valence-corrected chi connectivity index (χ1v) is 7.27. The molecule has 1 atom stereocenters. The molecule has 2 rings (SSSR count). The van der Waals surface area contributed by atoms with Gasteiger partial charge in [-0.2, -0.15) is 12.1 Å². The molecular formula is C17H21F2Li. The van der Waals surface area contributed by atoms with Crippen molar-refractivity contribution in [3.63, 3.8) is 0 Å². The molecule has 0 N–H and O–H groups in total. The first kappa shape index (κ1) is 17.5. The van der Waals surface area contributed by atoms with Crippen molar-refractivity contribution in [2.24, 2.45) is 5.92 Å². The third-order valence-electron chi connectivity index (χ3n) is 3.97. The molecule has 1 aromatic carbocycles. The predicted molar refractivity (Wildman–Crippen MR) is 74.7 cm³/mol. The zero-order valence-corrected chi connectivity index (χ0v) is 12.5. The maximum Gasteiger partial charge on any atom is 1.00 e. The van der Waals surface area contributed by atoms with Crippen molar-refractivity contribution in [3.8, 4) is 0 Å². The Balaban J connectivity index is 0.00000200. The van der Waals surface area contributed by atoms with Crippen LogP contribution in [0, 0.1) is 23.6 Å². The molecule has 104 valence electrons. The molecule has 0 amide bonds. The number of benzene rings is 1. The predicted octanol–water partition coefficient (Wildman–Crippen LogP) is 2.53. The van der Waals surface area contributed by atoms with E-state index in [1.54, 1.807) is 6.07 Å². The van der Waals surface area contributed by atoms with Gasteiger partial charge in [-0.25, -0.2) is 4.39 Å². The number of hydrogen-bond acceptors (Lipinski definition) is 0. The van der Waals surface area contributed by atoms with Gasteiger partial charge in [-0.15, -0.1) is 6.07 Å². The van der Waals surface area contributed by atoms with E-state index in [2.05, 4.69) is 19.1 Å². The molecule has 1 aliphatic carbocycles.